The lowest BCUT2D eigenvalue weighted by Gasteiger charge is -2.13. The molecule has 0 unspecified atom stereocenters. The highest BCUT2D eigenvalue weighted by atomic mass is 14.3. The van der Waals surface area contributed by atoms with E-state index in [1.165, 1.54) is 52.3 Å². The Bertz CT molecular complexity index is 714. The zero-order chi connectivity index (χ0) is 12.1. The zero-order valence-corrected chi connectivity index (χ0v) is 10.7. The molecule has 0 amide bonds. The SMILES string of the molecule is CC1=CC2=C(CC1)Cc1ccc3ccccc3c12. The van der Waals surface area contributed by atoms with E-state index in [0.29, 0.717) is 0 Å². The van der Waals surface area contributed by atoms with Crippen molar-refractivity contribution in [1.82, 2.24) is 0 Å². The molecule has 0 aliphatic heterocycles. The maximum absolute atomic E-state index is 2.41. The molecule has 2 aliphatic rings. The number of hydrogen-bond acceptors (Lipinski definition) is 0. The molecule has 0 saturated heterocycles. The third-order valence-corrected chi connectivity index (χ3v) is 4.28. The van der Waals surface area contributed by atoms with Crippen molar-refractivity contribution in [3.63, 3.8) is 0 Å². The van der Waals surface area contributed by atoms with Crippen molar-refractivity contribution in [3.05, 3.63) is 64.7 Å². The van der Waals surface area contributed by atoms with Gasteiger partial charge in [0, 0.05) is 0 Å². The van der Waals surface area contributed by atoms with Crippen LogP contribution in [0.5, 0.6) is 0 Å². The lowest BCUT2D eigenvalue weighted by molar-refractivity contribution is 0.890. The zero-order valence-electron chi connectivity index (χ0n) is 10.7. The highest BCUT2D eigenvalue weighted by molar-refractivity contribution is 6.00. The molecule has 0 nitrogen and oxygen atoms in total. The van der Waals surface area contributed by atoms with E-state index in [4.69, 9.17) is 0 Å². The number of allylic oxidation sites excluding steroid dienone is 4. The Kier molecular flexibility index (Phi) is 2.02. The van der Waals surface area contributed by atoms with Gasteiger partial charge in [-0.1, -0.05) is 53.6 Å². The summed E-state index contributed by atoms with van der Waals surface area (Å²) in [6.07, 6.45) is 6.07. The van der Waals surface area contributed by atoms with E-state index in [1.807, 2.05) is 0 Å². The lowest BCUT2D eigenvalue weighted by atomic mass is 9.91. The van der Waals surface area contributed by atoms with Gasteiger partial charge in [0.05, 0.1) is 0 Å². The lowest BCUT2D eigenvalue weighted by Crippen LogP contribution is -1.93. The van der Waals surface area contributed by atoms with Gasteiger partial charge < -0.3 is 0 Å². The molecule has 2 aromatic carbocycles. The smallest absolute Gasteiger partial charge is 0.00514 e. The van der Waals surface area contributed by atoms with E-state index in [9.17, 15) is 0 Å². The van der Waals surface area contributed by atoms with Crippen molar-refractivity contribution in [3.8, 4) is 0 Å². The average Bonchev–Trinajstić information content (AvgIpc) is 2.77. The largest absolute Gasteiger partial charge is 0.0724 e. The molecule has 0 heteroatoms. The Morgan fingerprint density at radius 3 is 2.78 bits per heavy atom. The molecular weight excluding hydrogens is 216 g/mol. The van der Waals surface area contributed by atoms with Crippen LogP contribution in [0.2, 0.25) is 0 Å². The average molecular weight is 232 g/mol. The summed E-state index contributed by atoms with van der Waals surface area (Å²) >= 11 is 0. The second-order valence-corrected chi connectivity index (χ2v) is 5.51. The van der Waals surface area contributed by atoms with Gasteiger partial charge in [0.25, 0.3) is 0 Å². The van der Waals surface area contributed by atoms with Gasteiger partial charge in [-0.3, -0.25) is 0 Å². The fraction of sp³-hybridized carbons (Fsp3) is 0.222. The van der Waals surface area contributed by atoms with Gasteiger partial charge in [-0.05, 0) is 53.7 Å². The van der Waals surface area contributed by atoms with Crippen LogP contribution in [0, 0.1) is 0 Å². The van der Waals surface area contributed by atoms with Gasteiger partial charge in [0.1, 0.15) is 0 Å². The quantitative estimate of drug-likeness (QED) is 0.606. The molecule has 0 aromatic heterocycles. The summed E-state index contributed by atoms with van der Waals surface area (Å²) in [5.74, 6) is 0. The Balaban J connectivity index is 2.06. The maximum Gasteiger partial charge on any atom is -0.00514 e. The van der Waals surface area contributed by atoms with Gasteiger partial charge >= 0.3 is 0 Å². The van der Waals surface area contributed by atoms with Gasteiger partial charge in [-0.15, -0.1) is 0 Å². The second kappa shape index (κ2) is 3.58. The van der Waals surface area contributed by atoms with Crippen molar-refractivity contribution in [2.24, 2.45) is 0 Å². The molecule has 0 fully saturated rings. The van der Waals surface area contributed by atoms with E-state index in [0.717, 1.165) is 0 Å². The van der Waals surface area contributed by atoms with Crippen molar-refractivity contribution in [2.45, 2.75) is 26.2 Å². The summed E-state index contributed by atoms with van der Waals surface area (Å²) in [7, 11) is 0. The molecule has 2 aliphatic carbocycles. The first-order valence-electron chi connectivity index (χ1n) is 6.73. The molecule has 88 valence electrons. The first-order chi connectivity index (χ1) is 8.83. The molecule has 0 heterocycles. The summed E-state index contributed by atoms with van der Waals surface area (Å²) in [4.78, 5) is 0. The molecular formula is C18H16. The van der Waals surface area contributed by atoms with Crippen molar-refractivity contribution < 1.29 is 0 Å². The van der Waals surface area contributed by atoms with Crippen molar-refractivity contribution in [1.29, 1.82) is 0 Å². The summed E-state index contributed by atoms with van der Waals surface area (Å²) in [5.41, 5.74) is 7.71. The minimum Gasteiger partial charge on any atom is -0.0724 e. The molecule has 0 radical (unpaired) electrons. The molecule has 0 atom stereocenters. The normalized spacial score (nSPS) is 17.7. The minimum atomic E-state index is 1.17. The minimum absolute atomic E-state index is 1.17. The molecule has 0 saturated carbocycles. The fourth-order valence-corrected chi connectivity index (χ4v) is 3.35. The number of fused-ring (bicyclic) bond motifs is 4. The summed E-state index contributed by atoms with van der Waals surface area (Å²) in [5, 5.41) is 2.78. The van der Waals surface area contributed by atoms with Crippen LogP contribution in [-0.4, -0.2) is 0 Å². The van der Waals surface area contributed by atoms with E-state index in [2.05, 4.69) is 49.4 Å². The monoisotopic (exact) mass is 232 g/mol. The molecule has 2 aromatic rings. The third kappa shape index (κ3) is 1.32. The topological polar surface area (TPSA) is 0 Å². The van der Waals surface area contributed by atoms with Gasteiger partial charge in [0.2, 0.25) is 0 Å². The van der Waals surface area contributed by atoms with Crippen LogP contribution < -0.4 is 0 Å². The Morgan fingerprint density at radius 1 is 0.944 bits per heavy atom. The fourth-order valence-electron chi connectivity index (χ4n) is 3.35. The highest BCUT2D eigenvalue weighted by Gasteiger charge is 2.24. The van der Waals surface area contributed by atoms with Gasteiger partial charge in [-0.25, -0.2) is 0 Å². The van der Waals surface area contributed by atoms with Gasteiger partial charge in [0.15, 0.2) is 0 Å². The van der Waals surface area contributed by atoms with Crippen LogP contribution in [0.4, 0.5) is 0 Å². The molecule has 0 spiro atoms. The first-order valence-corrected chi connectivity index (χ1v) is 6.73. The Morgan fingerprint density at radius 2 is 1.83 bits per heavy atom. The van der Waals surface area contributed by atoms with E-state index >= 15 is 0 Å². The van der Waals surface area contributed by atoms with E-state index < -0.39 is 0 Å². The predicted molar refractivity (Wildman–Crippen MR) is 77.6 cm³/mol. The van der Waals surface area contributed by atoms with Crippen LogP contribution in [0.15, 0.2) is 53.6 Å². The Hall–Kier alpha value is -1.82. The molecule has 4 rings (SSSR count). The van der Waals surface area contributed by atoms with Gasteiger partial charge in [-0.2, -0.15) is 0 Å². The Labute approximate surface area is 108 Å². The number of hydrogen-bond donors (Lipinski definition) is 0. The first kappa shape index (κ1) is 10.1. The maximum atomic E-state index is 2.41. The summed E-state index contributed by atoms with van der Waals surface area (Å²) in [6.45, 7) is 2.26. The number of rotatable bonds is 0. The number of benzene rings is 2. The van der Waals surface area contributed by atoms with Crippen LogP contribution >= 0.6 is 0 Å². The third-order valence-electron chi connectivity index (χ3n) is 4.28. The molecule has 0 N–H and O–H groups in total. The standard InChI is InChI=1S/C18H16/c1-12-6-7-14-11-15-9-8-13-4-2-3-5-16(13)18(15)17(14)10-12/h2-5,8-10H,6-7,11H2,1H3. The van der Waals surface area contributed by atoms with Crippen molar-refractivity contribution in [2.75, 3.05) is 0 Å². The molecule has 18 heavy (non-hydrogen) atoms. The van der Waals surface area contributed by atoms with Crippen molar-refractivity contribution >= 4 is 16.3 Å². The van der Waals surface area contributed by atoms with E-state index in [1.54, 1.807) is 5.57 Å². The predicted octanol–water partition coefficient (Wildman–Crippen LogP) is 4.89. The highest BCUT2D eigenvalue weighted by Crippen LogP contribution is 2.43. The van der Waals surface area contributed by atoms with Crippen LogP contribution in [0.25, 0.3) is 16.3 Å². The second-order valence-electron chi connectivity index (χ2n) is 5.51. The van der Waals surface area contributed by atoms with Crippen LogP contribution in [0.1, 0.15) is 30.9 Å². The summed E-state index contributed by atoms with van der Waals surface area (Å²) in [6, 6.07) is 13.3. The van der Waals surface area contributed by atoms with Crippen LogP contribution in [0.3, 0.4) is 0 Å². The summed E-state index contributed by atoms with van der Waals surface area (Å²) < 4.78 is 0. The molecule has 0 bridgehead atoms. The van der Waals surface area contributed by atoms with E-state index in [-0.39, 0.29) is 0 Å². The van der Waals surface area contributed by atoms with Crippen LogP contribution in [-0.2, 0) is 6.42 Å².